The van der Waals surface area contributed by atoms with E-state index >= 15 is 0 Å². The molecule has 0 aliphatic carbocycles. The van der Waals surface area contributed by atoms with Crippen molar-refractivity contribution in [1.82, 2.24) is 25.5 Å². The summed E-state index contributed by atoms with van der Waals surface area (Å²) in [6, 6.07) is 51.0. The number of benzene rings is 5. The van der Waals surface area contributed by atoms with Crippen molar-refractivity contribution in [2.45, 2.75) is 58.2 Å². The second-order valence-corrected chi connectivity index (χ2v) is 19.1. The average Bonchev–Trinajstić information content (AvgIpc) is 4.50. The zero-order valence-electron chi connectivity index (χ0n) is 45.8. The van der Waals surface area contributed by atoms with Gasteiger partial charge in [0.25, 0.3) is 0 Å². The number of nitrogens with zero attached hydrogens (tertiary/aromatic N) is 9. The third kappa shape index (κ3) is 24.0. The normalized spacial score (nSPS) is 16.1. The predicted octanol–water partition coefficient (Wildman–Crippen LogP) is 6.24. The van der Waals surface area contributed by atoms with E-state index in [0.29, 0.717) is 55.3 Å². The van der Waals surface area contributed by atoms with Gasteiger partial charge in [-0.05, 0) is 112 Å². The molecule has 0 radical (unpaired) electrons. The van der Waals surface area contributed by atoms with E-state index in [2.05, 4.69) is 64.4 Å². The number of hydrogen-bond acceptors (Lipinski definition) is 17. The van der Waals surface area contributed by atoms with E-state index in [0.717, 1.165) is 99.9 Å². The van der Waals surface area contributed by atoms with Crippen LogP contribution in [0.4, 0.5) is 21.5 Å². The van der Waals surface area contributed by atoms with Gasteiger partial charge in [-0.2, -0.15) is 26.3 Å². The Balaban J connectivity index is 0.000000257. The Kier molecular flexibility index (Phi) is 32.8. The Bertz CT molecular complexity index is 3020. The highest BCUT2D eigenvalue weighted by atomic mass is 31.0. The van der Waals surface area contributed by atoms with Gasteiger partial charge in [0.1, 0.15) is 36.2 Å². The van der Waals surface area contributed by atoms with Gasteiger partial charge >= 0.3 is 7.05 Å². The van der Waals surface area contributed by atoms with Crippen LogP contribution in [0.3, 0.4) is 0 Å². The van der Waals surface area contributed by atoms with Crippen LogP contribution in [-0.4, -0.2) is 129 Å². The molecule has 4 atom stereocenters. The topological polar surface area (TPSA) is 285 Å². The highest BCUT2D eigenvalue weighted by Gasteiger charge is 2.24. The first-order valence-corrected chi connectivity index (χ1v) is 27.3. The van der Waals surface area contributed by atoms with E-state index in [1.807, 2.05) is 119 Å². The minimum Gasteiger partial charge on any atom is -0.437 e. The molecule has 1 aromatic heterocycles. The molecule has 4 saturated heterocycles. The number of aliphatic hydroxyl groups is 2. The maximum Gasteiger partial charge on any atom is 0.373 e. The molecule has 4 unspecified atom stereocenters. The highest BCUT2D eigenvalue weighted by molar-refractivity contribution is 7.13. The summed E-state index contributed by atoms with van der Waals surface area (Å²) in [5, 5.41) is 82.9. The quantitative estimate of drug-likeness (QED) is 0.0405. The lowest BCUT2D eigenvalue weighted by molar-refractivity contribution is -0.116. The first-order chi connectivity index (χ1) is 39.4. The molecule has 5 aromatic carbocycles. The van der Waals surface area contributed by atoms with Gasteiger partial charge in [0.2, 0.25) is 0 Å². The molecule has 10 rings (SSSR count). The van der Waals surface area contributed by atoms with Crippen molar-refractivity contribution in [3.05, 3.63) is 179 Å². The largest absolute Gasteiger partial charge is 0.437 e. The Morgan fingerprint density at radius 1 is 0.634 bits per heavy atom. The minimum atomic E-state index is -0.458. The van der Waals surface area contributed by atoms with Crippen LogP contribution in [-0.2, 0) is 4.79 Å². The summed E-state index contributed by atoms with van der Waals surface area (Å²) >= 11 is 0. The summed E-state index contributed by atoms with van der Waals surface area (Å²) in [4.78, 5) is 17.4. The van der Waals surface area contributed by atoms with Crippen LogP contribution in [0.15, 0.2) is 146 Å². The SMILES string of the molecule is C.CB(O)NCCN.N#Cc1ccccc1-n1cccc1.N#Cc1ccccc1F.N#Cc1ccccc1N1CCC(=O)C1.N#Cc1ccccc1N1CCC(NCCNP)C1.N#Cc1ccccc1N1CCC(O)C1.OC1CCNC1. The van der Waals surface area contributed by atoms with Gasteiger partial charge in [-0.15, -0.1) is 0 Å². The summed E-state index contributed by atoms with van der Waals surface area (Å²) in [6.07, 6.45) is 6.99. The number of nitrogens with two attached hydrogens (primary N) is 1. The molecule has 0 saturated carbocycles. The van der Waals surface area contributed by atoms with E-state index in [-0.39, 0.29) is 31.0 Å². The molecule has 4 aliphatic heterocycles. The lowest BCUT2D eigenvalue weighted by atomic mass is 9.89. The predicted molar refractivity (Wildman–Crippen MR) is 327 cm³/mol. The minimum absolute atomic E-state index is 0. The number of nitriles is 5. The Hall–Kier alpha value is -8.00. The number of hydrogen-bond donors (Lipinski definition) is 8. The van der Waals surface area contributed by atoms with Crippen LogP contribution in [0.25, 0.3) is 5.69 Å². The van der Waals surface area contributed by atoms with Crippen molar-refractivity contribution in [3.63, 3.8) is 0 Å². The zero-order chi connectivity index (χ0) is 58.6. The molecular weight excluding hydrogens is 1050 g/mol. The zero-order valence-corrected chi connectivity index (χ0v) is 46.9. The highest BCUT2D eigenvalue weighted by Crippen LogP contribution is 2.26. The lowest BCUT2D eigenvalue weighted by Crippen LogP contribution is -2.35. The van der Waals surface area contributed by atoms with E-state index < -0.39 is 12.9 Å². The molecule has 82 heavy (non-hydrogen) atoms. The first-order valence-electron chi connectivity index (χ1n) is 26.8. The molecule has 4 aliphatic rings. The van der Waals surface area contributed by atoms with Gasteiger partial charge in [0, 0.05) is 83.8 Å². The number of ketones is 1. The summed E-state index contributed by atoms with van der Waals surface area (Å²) < 4.78 is 14.3. The molecular formula is C61H77BFN14O4P. The van der Waals surface area contributed by atoms with Crippen molar-refractivity contribution in [2.75, 3.05) is 93.2 Å². The fraction of sp³-hybridized carbons (Fsp3) is 0.344. The summed E-state index contributed by atoms with van der Waals surface area (Å²) in [7, 11) is 2.08. The Labute approximate surface area is 486 Å². The van der Waals surface area contributed by atoms with Crippen LogP contribution in [0.2, 0.25) is 6.82 Å². The molecule has 9 N–H and O–H groups in total. The third-order valence-corrected chi connectivity index (χ3v) is 13.0. The van der Waals surface area contributed by atoms with Crippen molar-refractivity contribution >= 4 is 39.3 Å². The molecule has 0 spiro atoms. The van der Waals surface area contributed by atoms with Gasteiger partial charge in [-0.3, -0.25) is 9.88 Å². The number of carbonyl (C=O) groups excluding carboxylic acids is 1. The first kappa shape index (κ1) is 68.3. The van der Waals surface area contributed by atoms with E-state index in [9.17, 15) is 14.3 Å². The molecule has 5 heterocycles. The number of halogens is 1. The molecule has 0 bridgehead atoms. The monoisotopic (exact) mass is 1130 g/mol. The summed E-state index contributed by atoms with van der Waals surface area (Å²) in [5.41, 5.74) is 11.8. The number of β-amino-alcohol motifs (C(OH)–C–C–N with tert-alkyl or cyclic N) is 2. The molecule has 0 amide bonds. The number of nitrogens with one attached hydrogen (secondary N) is 4. The molecule has 4 fully saturated rings. The summed E-state index contributed by atoms with van der Waals surface area (Å²) in [5.74, 6) is -0.210. The number of aromatic nitrogens is 1. The number of aliphatic hydroxyl groups excluding tert-OH is 2. The van der Waals surface area contributed by atoms with Gasteiger partial charge < -0.3 is 56.1 Å². The van der Waals surface area contributed by atoms with Crippen LogP contribution >= 0.6 is 9.39 Å². The van der Waals surface area contributed by atoms with E-state index in [1.165, 1.54) is 12.1 Å². The van der Waals surface area contributed by atoms with Crippen LogP contribution in [0.5, 0.6) is 0 Å². The van der Waals surface area contributed by atoms with Crippen molar-refractivity contribution in [1.29, 1.82) is 26.3 Å². The summed E-state index contributed by atoms with van der Waals surface area (Å²) in [6.45, 7) is 11.3. The number of Topliss-reactive ketones (excluding diaryl/α,β-unsaturated/α-hetero) is 1. The number of carbonyl (C=O) groups is 1. The lowest BCUT2D eigenvalue weighted by Gasteiger charge is -2.20. The number of anilines is 3. The van der Waals surface area contributed by atoms with Crippen molar-refractivity contribution in [2.24, 2.45) is 5.73 Å². The Morgan fingerprint density at radius 3 is 1.50 bits per heavy atom. The number of para-hydroxylation sites is 4. The molecule has 430 valence electrons. The van der Waals surface area contributed by atoms with E-state index in [1.54, 1.807) is 37.2 Å². The second-order valence-electron chi connectivity index (χ2n) is 18.7. The Morgan fingerprint density at radius 2 is 1.11 bits per heavy atom. The average molecular weight is 1130 g/mol. The van der Waals surface area contributed by atoms with E-state index in [4.69, 9.17) is 42.2 Å². The van der Waals surface area contributed by atoms with Gasteiger partial charge in [0.15, 0.2) is 5.78 Å². The van der Waals surface area contributed by atoms with Gasteiger partial charge in [-0.25, -0.2) is 4.39 Å². The van der Waals surface area contributed by atoms with Crippen LogP contribution in [0, 0.1) is 62.5 Å². The van der Waals surface area contributed by atoms with Gasteiger partial charge in [-0.1, -0.05) is 77.5 Å². The number of rotatable bonds is 11. The second kappa shape index (κ2) is 39.4. The maximum absolute atomic E-state index is 12.4. The maximum atomic E-state index is 12.4. The standard InChI is InChI=1S/C13H19N4P.C11H12N2O.C11H10N2O.C11H8N2.C7H4FN.C4H9NO.C3H11BN2O.CH4/c14-9-11-3-1-2-4-13(11)17-8-5-12(10-17)15-6-7-16-18;2*12-7-9-3-1-2-4-11(9)13-6-5-10(14)8-13;12-9-10-5-1-2-6-11(10)13-7-3-4-8-13;8-7-4-2-1-3-6(7)5-9;6-4-1-2-5-3-4;1-4(7)6-3-2-5;/h1-4,12,15-16H,5-8,10,18H2;1-4,10,14H,5-6,8H2;1-4H,5-6,8H2;1-8H;1-4H;4-6H,1-3H2;6-7H,2-3,5H2,1H3;1H4. The fourth-order valence-electron chi connectivity index (χ4n) is 8.59. The van der Waals surface area contributed by atoms with Crippen molar-refractivity contribution < 1.29 is 24.4 Å². The van der Waals surface area contributed by atoms with Crippen molar-refractivity contribution in [3.8, 4) is 36.0 Å². The fourth-order valence-corrected chi connectivity index (χ4v) is 8.74. The van der Waals surface area contributed by atoms with Crippen LogP contribution < -0.4 is 41.4 Å². The van der Waals surface area contributed by atoms with Gasteiger partial charge in [0.05, 0.1) is 69.3 Å². The smallest absolute Gasteiger partial charge is 0.373 e. The third-order valence-electron chi connectivity index (χ3n) is 12.7. The molecule has 21 heteroatoms. The molecule has 18 nitrogen and oxygen atoms in total. The molecule has 6 aromatic rings. The van der Waals surface area contributed by atoms with Crippen LogP contribution in [0.1, 0.15) is 60.9 Å².